The maximum Gasteiger partial charge on any atom is 0.303 e. The third kappa shape index (κ3) is 4.62. The minimum Gasteiger partial charge on any atom is -0.481 e. The standard InChI is InChI=1S/C16H18N2O3S2/c1-10(8-14(19)20)7-11(2)18-15(21)13(23-16(18)22)9-12-5-3-4-6-17-12/h3-6,9-11H,7-8H2,1-2H3,(H,19,20)/b13-9-. The molecular formula is C16H18N2O3S2. The predicted octanol–water partition coefficient (Wildman–Crippen LogP) is 3.17. The lowest BCUT2D eigenvalue weighted by Gasteiger charge is -2.25. The fourth-order valence-electron chi connectivity index (χ4n) is 2.52. The van der Waals surface area contributed by atoms with Gasteiger partial charge in [0.2, 0.25) is 0 Å². The Balaban J connectivity index is 2.09. The van der Waals surface area contributed by atoms with E-state index in [1.807, 2.05) is 32.0 Å². The molecule has 2 unspecified atom stereocenters. The zero-order valence-corrected chi connectivity index (χ0v) is 14.6. The number of hydrogen-bond donors (Lipinski definition) is 1. The molecule has 0 saturated carbocycles. The van der Waals surface area contributed by atoms with Gasteiger partial charge in [0.25, 0.3) is 5.91 Å². The normalized spacial score (nSPS) is 19.2. The molecule has 0 spiro atoms. The molecule has 5 nitrogen and oxygen atoms in total. The number of hydrogen-bond acceptors (Lipinski definition) is 5. The number of amides is 1. The van der Waals surface area contributed by atoms with E-state index in [-0.39, 0.29) is 24.3 Å². The van der Waals surface area contributed by atoms with Gasteiger partial charge in [-0.1, -0.05) is 37.0 Å². The van der Waals surface area contributed by atoms with E-state index in [0.29, 0.717) is 21.3 Å². The number of carbonyl (C=O) groups is 2. The van der Waals surface area contributed by atoms with Crippen molar-refractivity contribution < 1.29 is 14.7 Å². The summed E-state index contributed by atoms with van der Waals surface area (Å²) in [4.78, 5) is 29.6. The Morgan fingerprint density at radius 3 is 2.83 bits per heavy atom. The molecule has 23 heavy (non-hydrogen) atoms. The van der Waals surface area contributed by atoms with Crippen LogP contribution in [0.3, 0.4) is 0 Å². The first kappa shape index (κ1) is 17.6. The molecule has 1 fully saturated rings. The molecule has 0 aliphatic carbocycles. The molecule has 1 saturated heterocycles. The number of thioether (sulfide) groups is 1. The fraction of sp³-hybridized carbons (Fsp3) is 0.375. The van der Waals surface area contributed by atoms with Crippen molar-refractivity contribution in [3.8, 4) is 0 Å². The summed E-state index contributed by atoms with van der Waals surface area (Å²) in [6.07, 6.45) is 4.08. The van der Waals surface area contributed by atoms with E-state index in [1.165, 1.54) is 11.8 Å². The Labute approximate surface area is 144 Å². The predicted molar refractivity (Wildman–Crippen MR) is 94.7 cm³/mol. The van der Waals surface area contributed by atoms with Gasteiger partial charge in [-0.05, 0) is 37.5 Å². The van der Waals surface area contributed by atoms with Crippen LogP contribution in [0.4, 0.5) is 0 Å². The van der Waals surface area contributed by atoms with Crippen molar-refractivity contribution >= 4 is 46.3 Å². The summed E-state index contributed by atoms with van der Waals surface area (Å²) in [6, 6.07) is 5.36. The molecule has 2 rings (SSSR count). The van der Waals surface area contributed by atoms with Crippen molar-refractivity contribution in [1.82, 2.24) is 9.88 Å². The van der Waals surface area contributed by atoms with Gasteiger partial charge in [-0.3, -0.25) is 19.5 Å². The lowest BCUT2D eigenvalue weighted by Crippen LogP contribution is -2.37. The van der Waals surface area contributed by atoms with Crippen LogP contribution < -0.4 is 0 Å². The molecular weight excluding hydrogens is 332 g/mol. The van der Waals surface area contributed by atoms with Crippen molar-refractivity contribution in [3.05, 3.63) is 35.0 Å². The number of carboxylic acids is 1. The second-order valence-electron chi connectivity index (χ2n) is 5.59. The number of rotatable bonds is 6. The van der Waals surface area contributed by atoms with Crippen LogP contribution in [0.5, 0.6) is 0 Å². The molecule has 1 N–H and O–H groups in total. The van der Waals surface area contributed by atoms with Gasteiger partial charge in [-0.2, -0.15) is 0 Å². The second kappa shape index (κ2) is 7.70. The van der Waals surface area contributed by atoms with Gasteiger partial charge < -0.3 is 5.11 Å². The highest BCUT2D eigenvalue weighted by Crippen LogP contribution is 2.35. The summed E-state index contributed by atoms with van der Waals surface area (Å²) in [5, 5.41) is 8.85. The molecule has 122 valence electrons. The van der Waals surface area contributed by atoms with Gasteiger partial charge in [0.05, 0.1) is 10.6 Å². The minimum atomic E-state index is -0.829. The van der Waals surface area contributed by atoms with E-state index in [0.717, 1.165) is 0 Å². The van der Waals surface area contributed by atoms with Crippen LogP contribution in [-0.2, 0) is 9.59 Å². The Hall–Kier alpha value is -1.73. The third-order valence-electron chi connectivity index (χ3n) is 3.50. The highest BCUT2D eigenvalue weighted by molar-refractivity contribution is 8.26. The summed E-state index contributed by atoms with van der Waals surface area (Å²) in [5.74, 6) is -0.988. The Kier molecular flexibility index (Phi) is 5.90. The van der Waals surface area contributed by atoms with Gasteiger partial charge in [0, 0.05) is 18.7 Å². The summed E-state index contributed by atoms with van der Waals surface area (Å²) < 4.78 is 0.507. The van der Waals surface area contributed by atoms with Crippen LogP contribution >= 0.6 is 24.0 Å². The van der Waals surface area contributed by atoms with Crippen molar-refractivity contribution in [2.24, 2.45) is 5.92 Å². The monoisotopic (exact) mass is 350 g/mol. The number of carbonyl (C=O) groups excluding carboxylic acids is 1. The third-order valence-corrected chi connectivity index (χ3v) is 4.83. The van der Waals surface area contributed by atoms with Crippen LogP contribution in [0, 0.1) is 5.92 Å². The first-order valence-corrected chi connectivity index (χ1v) is 8.51. The zero-order valence-electron chi connectivity index (χ0n) is 12.9. The maximum absolute atomic E-state index is 12.6. The molecule has 2 heterocycles. The van der Waals surface area contributed by atoms with Crippen molar-refractivity contribution in [3.63, 3.8) is 0 Å². The van der Waals surface area contributed by atoms with Crippen molar-refractivity contribution in [2.75, 3.05) is 0 Å². The Bertz CT molecular complexity index is 646. The lowest BCUT2D eigenvalue weighted by atomic mass is 9.99. The van der Waals surface area contributed by atoms with Gasteiger partial charge in [0.15, 0.2) is 0 Å². The molecule has 1 aromatic heterocycles. The first-order valence-electron chi connectivity index (χ1n) is 7.28. The van der Waals surface area contributed by atoms with E-state index >= 15 is 0 Å². The molecule has 1 aliphatic heterocycles. The molecule has 1 aliphatic rings. The summed E-state index contributed by atoms with van der Waals surface area (Å²) in [6.45, 7) is 3.76. The number of carboxylic acid groups (broad SMARTS) is 1. The van der Waals surface area contributed by atoms with Crippen LogP contribution in [0.15, 0.2) is 29.3 Å². The number of pyridine rings is 1. The summed E-state index contributed by atoms with van der Waals surface area (Å²) in [7, 11) is 0. The van der Waals surface area contributed by atoms with Gasteiger partial charge in [-0.15, -0.1) is 0 Å². The number of aliphatic carboxylic acids is 1. The van der Waals surface area contributed by atoms with Crippen LogP contribution in [-0.4, -0.2) is 37.2 Å². The van der Waals surface area contributed by atoms with E-state index in [9.17, 15) is 9.59 Å². The van der Waals surface area contributed by atoms with Crippen molar-refractivity contribution in [1.29, 1.82) is 0 Å². The molecule has 1 aromatic rings. The largest absolute Gasteiger partial charge is 0.481 e. The number of aromatic nitrogens is 1. The van der Waals surface area contributed by atoms with Crippen LogP contribution in [0.25, 0.3) is 6.08 Å². The molecule has 2 atom stereocenters. The Morgan fingerprint density at radius 2 is 2.22 bits per heavy atom. The average molecular weight is 350 g/mol. The SMILES string of the molecule is CC(CC(=O)O)CC(C)N1C(=O)/C(=C/c2ccccn2)SC1=S. The fourth-order valence-corrected chi connectivity index (χ4v) is 3.97. The van der Waals surface area contributed by atoms with E-state index in [1.54, 1.807) is 17.2 Å². The molecule has 1 amide bonds. The first-order chi connectivity index (χ1) is 10.9. The van der Waals surface area contributed by atoms with E-state index in [4.69, 9.17) is 17.3 Å². The molecule has 0 radical (unpaired) electrons. The quantitative estimate of drug-likeness (QED) is 0.628. The highest BCUT2D eigenvalue weighted by Gasteiger charge is 2.35. The smallest absolute Gasteiger partial charge is 0.303 e. The van der Waals surface area contributed by atoms with Gasteiger partial charge >= 0.3 is 5.97 Å². The summed E-state index contributed by atoms with van der Waals surface area (Å²) in [5.41, 5.74) is 0.708. The average Bonchev–Trinajstić information content (AvgIpc) is 2.73. The molecule has 0 aromatic carbocycles. The second-order valence-corrected chi connectivity index (χ2v) is 7.27. The van der Waals surface area contributed by atoms with Crippen molar-refractivity contribution in [2.45, 2.75) is 32.7 Å². The molecule has 7 heteroatoms. The van der Waals surface area contributed by atoms with E-state index < -0.39 is 5.97 Å². The van der Waals surface area contributed by atoms with Gasteiger partial charge in [-0.25, -0.2) is 0 Å². The minimum absolute atomic E-state index is 0.0214. The molecule has 0 bridgehead atoms. The number of nitrogens with zero attached hydrogens (tertiary/aromatic N) is 2. The van der Waals surface area contributed by atoms with Crippen LogP contribution in [0.1, 0.15) is 32.4 Å². The van der Waals surface area contributed by atoms with Crippen LogP contribution in [0.2, 0.25) is 0 Å². The highest BCUT2D eigenvalue weighted by atomic mass is 32.2. The van der Waals surface area contributed by atoms with Gasteiger partial charge in [0.1, 0.15) is 4.32 Å². The zero-order chi connectivity index (χ0) is 17.0. The number of thiocarbonyl (C=S) groups is 1. The maximum atomic E-state index is 12.6. The van der Waals surface area contributed by atoms with E-state index in [2.05, 4.69) is 4.98 Å². The Morgan fingerprint density at radius 1 is 1.48 bits per heavy atom. The lowest BCUT2D eigenvalue weighted by molar-refractivity contribution is -0.138. The summed E-state index contributed by atoms with van der Waals surface area (Å²) >= 11 is 6.58. The topological polar surface area (TPSA) is 70.5 Å².